The van der Waals surface area contributed by atoms with Gasteiger partial charge in [-0.1, -0.05) is 24.3 Å². The van der Waals surface area contributed by atoms with Gasteiger partial charge in [0.05, 0.1) is 6.42 Å². The van der Waals surface area contributed by atoms with Gasteiger partial charge >= 0.3 is 0 Å². The lowest BCUT2D eigenvalue weighted by molar-refractivity contribution is -0.119. The zero-order valence-corrected chi connectivity index (χ0v) is 13.9. The van der Waals surface area contributed by atoms with Crippen molar-refractivity contribution in [1.29, 1.82) is 0 Å². The van der Waals surface area contributed by atoms with E-state index in [1.807, 2.05) is 31.2 Å². The molecule has 4 nitrogen and oxygen atoms in total. The Balaban J connectivity index is 1.90. The number of anilines is 1. The normalized spacial score (nSPS) is 10.0. The van der Waals surface area contributed by atoms with E-state index in [9.17, 15) is 9.59 Å². The molecule has 2 aromatic rings. The van der Waals surface area contributed by atoms with Crippen molar-refractivity contribution in [3.05, 3.63) is 65.2 Å². The quantitative estimate of drug-likeness (QED) is 0.669. The van der Waals surface area contributed by atoms with Crippen molar-refractivity contribution in [3.8, 4) is 0 Å². The Morgan fingerprint density at radius 1 is 1.04 bits per heavy atom. The molecule has 0 radical (unpaired) electrons. The highest BCUT2D eigenvalue weighted by Gasteiger charge is 2.08. The molecule has 23 heavy (non-hydrogen) atoms. The fourth-order valence-electron chi connectivity index (χ4n) is 2.10. The molecule has 5 heteroatoms. The number of carbonyl (C=O) groups is 2. The number of ketones is 1. The van der Waals surface area contributed by atoms with E-state index in [1.165, 1.54) is 6.92 Å². The van der Waals surface area contributed by atoms with Gasteiger partial charge in [-0.3, -0.25) is 9.59 Å². The summed E-state index contributed by atoms with van der Waals surface area (Å²) in [6, 6.07) is 14.6. The van der Waals surface area contributed by atoms with Crippen LogP contribution in [0.3, 0.4) is 0 Å². The first-order valence-corrected chi connectivity index (χ1v) is 7.63. The topological polar surface area (TPSA) is 58.2 Å². The second-order valence-corrected chi connectivity index (χ2v) is 5.65. The molecule has 0 aromatic heterocycles. The highest BCUT2D eigenvalue weighted by molar-refractivity contribution is 7.80. The molecule has 2 aromatic carbocycles. The summed E-state index contributed by atoms with van der Waals surface area (Å²) < 4.78 is 0. The van der Waals surface area contributed by atoms with Crippen LogP contribution >= 0.6 is 12.2 Å². The van der Waals surface area contributed by atoms with Crippen molar-refractivity contribution in [2.75, 3.05) is 5.32 Å². The molecule has 0 atom stereocenters. The lowest BCUT2D eigenvalue weighted by atomic mass is 10.1. The van der Waals surface area contributed by atoms with Gasteiger partial charge in [0.15, 0.2) is 10.9 Å². The molecule has 0 spiro atoms. The average Bonchev–Trinajstić information content (AvgIpc) is 2.50. The number of carbonyl (C=O) groups excluding carboxylic acids is 2. The Morgan fingerprint density at radius 2 is 1.70 bits per heavy atom. The minimum absolute atomic E-state index is 0.00524. The van der Waals surface area contributed by atoms with E-state index in [0.29, 0.717) is 5.56 Å². The molecule has 0 aliphatic carbocycles. The first kappa shape index (κ1) is 16.8. The molecule has 0 aliphatic rings. The second kappa shape index (κ2) is 7.65. The molecule has 0 fully saturated rings. The Bertz CT molecular complexity index is 739. The van der Waals surface area contributed by atoms with Crippen LogP contribution in [-0.4, -0.2) is 16.8 Å². The molecule has 2 rings (SSSR count). The summed E-state index contributed by atoms with van der Waals surface area (Å²) in [5.74, 6) is -0.164. The van der Waals surface area contributed by atoms with E-state index in [-0.39, 0.29) is 23.2 Å². The number of thiocarbonyl (C=S) groups is 1. The Morgan fingerprint density at radius 3 is 2.30 bits per heavy atom. The van der Waals surface area contributed by atoms with Crippen molar-refractivity contribution in [2.45, 2.75) is 20.3 Å². The summed E-state index contributed by atoms with van der Waals surface area (Å²) in [5.41, 5.74) is 3.39. The summed E-state index contributed by atoms with van der Waals surface area (Å²) in [7, 11) is 0. The maximum absolute atomic E-state index is 12.0. The van der Waals surface area contributed by atoms with Gasteiger partial charge in [-0.15, -0.1) is 0 Å². The van der Waals surface area contributed by atoms with Crippen molar-refractivity contribution < 1.29 is 9.59 Å². The summed E-state index contributed by atoms with van der Waals surface area (Å²) in [4.78, 5) is 23.2. The van der Waals surface area contributed by atoms with Crippen molar-refractivity contribution in [1.82, 2.24) is 5.32 Å². The van der Waals surface area contributed by atoms with Gasteiger partial charge in [-0.25, -0.2) is 0 Å². The Hall–Kier alpha value is -2.53. The number of hydrogen-bond donors (Lipinski definition) is 2. The number of nitrogens with one attached hydrogen (secondary N) is 2. The van der Waals surface area contributed by atoms with E-state index in [1.54, 1.807) is 24.3 Å². The lowest BCUT2D eigenvalue weighted by Crippen LogP contribution is -2.35. The fourth-order valence-corrected chi connectivity index (χ4v) is 2.33. The number of aryl methyl sites for hydroxylation is 1. The maximum atomic E-state index is 12.0. The molecule has 0 saturated heterocycles. The van der Waals surface area contributed by atoms with Crippen LogP contribution in [0.2, 0.25) is 0 Å². The van der Waals surface area contributed by atoms with Crippen LogP contribution in [0.1, 0.15) is 28.4 Å². The van der Waals surface area contributed by atoms with Gasteiger partial charge in [-0.05, 0) is 61.5 Å². The number of benzene rings is 2. The summed E-state index contributed by atoms with van der Waals surface area (Å²) in [6.45, 7) is 3.48. The molecule has 118 valence electrons. The standard InChI is InChI=1S/C18H18N2O2S/c1-12-5-3-4-6-15(12)11-17(22)20-18(23)19-16-9-7-14(8-10-16)13(2)21/h3-10H,11H2,1-2H3,(H2,19,20,22,23). The third kappa shape index (κ3) is 5.00. The predicted molar refractivity (Wildman–Crippen MR) is 95.7 cm³/mol. The highest BCUT2D eigenvalue weighted by atomic mass is 32.1. The number of hydrogen-bond acceptors (Lipinski definition) is 3. The van der Waals surface area contributed by atoms with E-state index in [2.05, 4.69) is 10.6 Å². The SMILES string of the molecule is CC(=O)c1ccc(NC(=S)NC(=O)Cc2ccccc2C)cc1. The first-order valence-electron chi connectivity index (χ1n) is 7.22. The first-order chi connectivity index (χ1) is 11.0. The highest BCUT2D eigenvalue weighted by Crippen LogP contribution is 2.10. The van der Waals surface area contributed by atoms with Crippen LogP contribution in [0.4, 0.5) is 5.69 Å². The van der Waals surface area contributed by atoms with Gasteiger partial charge in [0.2, 0.25) is 5.91 Å². The molecule has 0 aliphatic heterocycles. The smallest absolute Gasteiger partial charge is 0.230 e. The number of rotatable bonds is 4. The van der Waals surface area contributed by atoms with Gasteiger partial charge in [0, 0.05) is 11.3 Å². The molecule has 0 unspecified atom stereocenters. The zero-order valence-electron chi connectivity index (χ0n) is 13.1. The molecular formula is C18H18N2O2S. The molecule has 1 amide bonds. The minimum Gasteiger partial charge on any atom is -0.332 e. The van der Waals surface area contributed by atoms with E-state index < -0.39 is 0 Å². The molecule has 0 bridgehead atoms. The second-order valence-electron chi connectivity index (χ2n) is 5.24. The Kier molecular flexibility index (Phi) is 5.60. The van der Waals surface area contributed by atoms with Gasteiger partial charge < -0.3 is 10.6 Å². The summed E-state index contributed by atoms with van der Waals surface area (Å²) >= 11 is 5.14. The van der Waals surface area contributed by atoms with E-state index >= 15 is 0 Å². The van der Waals surface area contributed by atoms with Crippen molar-refractivity contribution in [3.63, 3.8) is 0 Å². The van der Waals surface area contributed by atoms with E-state index in [4.69, 9.17) is 12.2 Å². The fraction of sp³-hybridized carbons (Fsp3) is 0.167. The van der Waals surface area contributed by atoms with Gasteiger partial charge in [0.25, 0.3) is 0 Å². The summed E-state index contributed by atoms with van der Waals surface area (Å²) in [6.07, 6.45) is 0.276. The van der Waals surface area contributed by atoms with Crippen LogP contribution in [0.25, 0.3) is 0 Å². The maximum Gasteiger partial charge on any atom is 0.230 e. The number of amides is 1. The van der Waals surface area contributed by atoms with Crippen LogP contribution < -0.4 is 10.6 Å². The zero-order chi connectivity index (χ0) is 16.8. The third-order valence-electron chi connectivity index (χ3n) is 3.41. The predicted octanol–water partition coefficient (Wildman–Crippen LogP) is 3.25. The van der Waals surface area contributed by atoms with Crippen molar-refractivity contribution >= 4 is 34.7 Å². The van der Waals surface area contributed by atoms with Gasteiger partial charge in [0.1, 0.15) is 0 Å². The third-order valence-corrected chi connectivity index (χ3v) is 3.62. The number of Topliss-reactive ketones (excluding diaryl/α,β-unsaturated/α-hetero) is 1. The largest absolute Gasteiger partial charge is 0.332 e. The average molecular weight is 326 g/mol. The minimum atomic E-state index is -0.169. The Labute approximate surface area is 140 Å². The van der Waals surface area contributed by atoms with Crippen LogP contribution in [0.15, 0.2) is 48.5 Å². The monoisotopic (exact) mass is 326 g/mol. The molecule has 2 N–H and O–H groups in total. The van der Waals surface area contributed by atoms with Crippen LogP contribution in [0.5, 0.6) is 0 Å². The summed E-state index contributed by atoms with van der Waals surface area (Å²) in [5, 5.41) is 5.82. The molecular weight excluding hydrogens is 308 g/mol. The van der Waals surface area contributed by atoms with Crippen LogP contribution in [-0.2, 0) is 11.2 Å². The van der Waals surface area contributed by atoms with Crippen molar-refractivity contribution in [2.24, 2.45) is 0 Å². The van der Waals surface area contributed by atoms with Crippen LogP contribution in [0, 0.1) is 6.92 Å². The lowest BCUT2D eigenvalue weighted by Gasteiger charge is -2.10. The van der Waals surface area contributed by atoms with E-state index in [0.717, 1.165) is 16.8 Å². The molecule has 0 heterocycles. The molecule has 0 saturated carbocycles. The van der Waals surface area contributed by atoms with Gasteiger partial charge in [-0.2, -0.15) is 0 Å².